The van der Waals surface area contributed by atoms with Crippen LogP contribution in [0.15, 0.2) is 35.4 Å². The second-order valence-electron chi connectivity index (χ2n) is 12.3. The van der Waals surface area contributed by atoms with Gasteiger partial charge in [-0.2, -0.15) is 8.42 Å². The van der Waals surface area contributed by atoms with Crippen LogP contribution >= 0.6 is 0 Å². The molecule has 4 unspecified atom stereocenters. The third-order valence-corrected chi connectivity index (χ3v) is 11.3. The maximum absolute atomic E-state index is 13.4. The Kier molecular flexibility index (Phi) is 4.88. The monoisotopic (exact) mass is 482 g/mol. The van der Waals surface area contributed by atoms with Crippen LogP contribution in [0.25, 0.3) is 12.2 Å². The summed E-state index contributed by atoms with van der Waals surface area (Å²) in [6.07, 6.45) is 7.14. The van der Waals surface area contributed by atoms with Gasteiger partial charge >= 0.3 is 0 Å². The first-order valence-electron chi connectivity index (χ1n) is 12.2. The fourth-order valence-electron chi connectivity index (χ4n) is 7.73. The molecular formula is C28H34O5S. The standard InChI is InChI=1S/C28H34O5S/c1-25(2)21-10-12-27(25,5)23(29)19(21)14-17-6-8-18(9-7-17)15-20-22-11-13-28(24(20)30,26(22,3)4)16-34(31,32)33/h6-9,14-15,21-22H,10-13,16H2,1-5H3,(H,31,32,33). The number of hydrogen-bond donors (Lipinski definition) is 1. The van der Waals surface area contributed by atoms with Gasteiger partial charge in [-0.3, -0.25) is 14.1 Å². The van der Waals surface area contributed by atoms with Crippen LogP contribution in [0.3, 0.4) is 0 Å². The Morgan fingerprint density at radius 3 is 1.76 bits per heavy atom. The predicted octanol–water partition coefficient (Wildman–Crippen LogP) is 5.37. The van der Waals surface area contributed by atoms with E-state index in [4.69, 9.17) is 0 Å². The van der Waals surface area contributed by atoms with Crippen LogP contribution in [0.2, 0.25) is 0 Å². The highest BCUT2D eigenvalue weighted by atomic mass is 32.2. The molecular weight excluding hydrogens is 448 g/mol. The fraction of sp³-hybridized carbons (Fsp3) is 0.571. The molecule has 1 aromatic carbocycles. The van der Waals surface area contributed by atoms with Gasteiger partial charge in [0.1, 0.15) is 0 Å². The van der Waals surface area contributed by atoms with Crippen molar-refractivity contribution in [2.45, 2.75) is 60.3 Å². The lowest BCUT2D eigenvalue weighted by Gasteiger charge is -2.34. The Hall–Kier alpha value is -2.05. The molecule has 0 spiro atoms. The summed E-state index contributed by atoms with van der Waals surface area (Å²) in [4.78, 5) is 26.5. The number of allylic oxidation sites excluding steroid dienone is 2. The smallest absolute Gasteiger partial charge is 0.265 e. The molecule has 0 radical (unpaired) electrons. The predicted molar refractivity (Wildman–Crippen MR) is 132 cm³/mol. The third kappa shape index (κ3) is 2.97. The highest BCUT2D eigenvalue weighted by Gasteiger charge is 2.67. The van der Waals surface area contributed by atoms with E-state index in [0.29, 0.717) is 17.9 Å². The Morgan fingerprint density at radius 2 is 1.29 bits per heavy atom. The van der Waals surface area contributed by atoms with Crippen molar-refractivity contribution in [3.63, 3.8) is 0 Å². The number of benzene rings is 1. The van der Waals surface area contributed by atoms with Crippen molar-refractivity contribution in [1.82, 2.24) is 0 Å². The topological polar surface area (TPSA) is 88.5 Å². The summed E-state index contributed by atoms with van der Waals surface area (Å²) in [6.45, 7) is 10.4. The molecule has 4 aliphatic carbocycles. The van der Waals surface area contributed by atoms with Gasteiger partial charge in [0.15, 0.2) is 11.6 Å². The quantitative estimate of drug-likeness (QED) is 0.460. The molecule has 4 aliphatic rings. The zero-order valence-corrected chi connectivity index (χ0v) is 21.5. The zero-order chi connectivity index (χ0) is 24.9. The van der Waals surface area contributed by atoms with Gasteiger partial charge in [-0.25, -0.2) is 0 Å². The molecule has 6 heteroatoms. The molecule has 1 aromatic rings. The molecule has 1 N–H and O–H groups in total. The molecule has 0 aromatic heterocycles. The molecule has 0 heterocycles. The summed E-state index contributed by atoms with van der Waals surface area (Å²) in [6, 6.07) is 7.85. The molecule has 4 saturated carbocycles. The van der Waals surface area contributed by atoms with E-state index in [-0.39, 0.29) is 28.3 Å². The van der Waals surface area contributed by atoms with Crippen molar-refractivity contribution < 1.29 is 22.6 Å². The van der Waals surface area contributed by atoms with Gasteiger partial charge in [0.05, 0.1) is 11.2 Å². The van der Waals surface area contributed by atoms with Gasteiger partial charge in [0.25, 0.3) is 10.1 Å². The van der Waals surface area contributed by atoms with E-state index in [9.17, 15) is 22.6 Å². The molecule has 34 heavy (non-hydrogen) atoms. The largest absolute Gasteiger partial charge is 0.294 e. The van der Waals surface area contributed by atoms with Crippen molar-refractivity contribution in [3.05, 3.63) is 46.5 Å². The average Bonchev–Trinajstić information content (AvgIpc) is 3.22. The molecule has 5 nitrogen and oxygen atoms in total. The number of Topliss-reactive ketones (excluding diaryl/α,β-unsaturated/α-hetero) is 2. The number of rotatable bonds is 4. The normalized spacial score (nSPS) is 37.9. The highest BCUT2D eigenvalue weighted by Crippen LogP contribution is 2.67. The maximum atomic E-state index is 13.4. The van der Waals surface area contributed by atoms with Crippen LogP contribution in [0, 0.1) is 33.5 Å². The SMILES string of the molecule is CC12CCC(C(=Cc3ccc(C=C4C(=O)C5(CS(=O)(=O)O)CCC4C5(C)C)cc3)C1=O)C2(C)C. The van der Waals surface area contributed by atoms with E-state index in [0.717, 1.165) is 36.0 Å². The summed E-state index contributed by atoms with van der Waals surface area (Å²) >= 11 is 0. The Labute approximate surface area is 202 Å². The van der Waals surface area contributed by atoms with E-state index >= 15 is 0 Å². The molecule has 0 aliphatic heterocycles. The van der Waals surface area contributed by atoms with Gasteiger partial charge in [0, 0.05) is 11.0 Å². The fourth-order valence-corrected chi connectivity index (χ4v) is 9.01. The minimum atomic E-state index is -4.27. The third-order valence-electron chi connectivity index (χ3n) is 10.4. The molecule has 4 fully saturated rings. The number of ketones is 2. The Morgan fingerprint density at radius 1 is 0.824 bits per heavy atom. The molecule has 4 atom stereocenters. The lowest BCUT2D eigenvalue weighted by atomic mass is 9.70. The van der Waals surface area contributed by atoms with Crippen LogP contribution in [0.5, 0.6) is 0 Å². The van der Waals surface area contributed by atoms with Crippen molar-refractivity contribution in [2.24, 2.45) is 33.5 Å². The number of fused-ring (bicyclic) bond motifs is 4. The Balaban J connectivity index is 1.44. The zero-order valence-electron chi connectivity index (χ0n) is 20.6. The minimum Gasteiger partial charge on any atom is -0.294 e. The van der Waals surface area contributed by atoms with E-state index < -0.39 is 26.7 Å². The van der Waals surface area contributed by atoms with Crippen LogP contribution in [0.4, 0.5) is 0 Å². The molecule has 0 saturated heterocycles. The van der Waals surface area contributed by atoms with Crippen LogP contribution in [0.1, 0.15) is 71.4 Å². The summed E-state index contributed by atoms with van der Waals surface area (Å²) in [5.74, 6) is -0.131. The lowest BCUT2D eigenvalue weighted by molar-refractivity contribution is -0.126. The summed E-state index contributed by atoms with van der Waals surface area (Å²) in [7, 11) is -4.27. The molecule has 5 rings (SSSR count). The van der Waals surface area contributed by atoms with Crippen LogP contribution in [-0.2, 0) is 19.7 Å². The van der Waals surface area contributed by atoms with Gasteiger partial charge < -0.3 is 0 Å². The second-order valence-corrected chi connectivity index (χ2v) is 13.7. The van der Waals surface area contributed by atoms with E-state index in [2.05, 4.69) is 20.8 Å². The van der Waals surface area contributed by atoms with Gasteiger partial charge in [0.2, 0.25) is 0 Å². The summed E-state index contributed by atoms with van der Waals surface area (Å²) < 4.78 is 33.0. The first-order valence-corrected chi connectivity index (χ1v) is 13.8. The molecule has 4 bridgehead atoms. The molecule has 182 valence electrons. The summed E-state index contributed by atoms with van der Waals surface area (Å²) in [5.41, 5.74) is 1.55. The first-order chi connectivity index (χ1) is 15.6. The lowest BCUT2D eigenvalue weighted by Crippen LogP contribution is -2.42. The number of carbonyl (C=O) groups is 2. The minimum absolute atomic E-state index is 0.0206. The van der Waals surface area contributed by atoms with Crippen molar-refractivity contribution in [2.75, 3.05) is 5.75 Å². The average molecular weight is 483 g/mol. The maximum Gasteiger partial charge on any atom is 0.265 e. The van der Waals surface area contributed by atoms with E-state index in [1.807, 2.05) is 50.3 Å². The summed E-state index contributed by atoms with van der Waals surface area (Å²) in [5, 5.41) is 0. The van der Waals surface area contributed by atoms with Crippen molar-refractivity contribution in [1.29, 1.82) is 0 Å². The van der Waals surface area contributed by atoms with Crippen LogP contribution < -0.4 is 0 Å². The van der Waals surface area contributed by atoms with E-state index in [1.54, 1.807) is 0 Å². The number of carbonyl (C=O) groups excluding carboxylic acids is 2. The highest BCUT2D eigenvalue weighted by molar-refractivity contribution is 7.85. The van der Waals surface area contributed by atoms with Crippen molar-refractivity contribution in [3.8, 4) is 0 Å². The van der Waals surface area contributed by atoms with Gasteiger partial charge in [-0.05, 0) is 77.2 Å². The molecule has 0 amide bonds. The van der Waals surface area contributed by atoms with Gasteiger partial charge in [-0.15, -0.1) is 0 Å². The second kappa shape index (κ2) is 7.01. The Bertz CT molecular complexity index is 1260. The van der Waals surface area contributed by atoms with Gasteiger partial charge in [-0.1, -0.05) is 58.9 Å². The van der Waals surface area contributed by atoms with Crippen LogP contribution in [-0.4, -0.2) is 30.3 Å². The number of hydrogen-bond acceptors (Lipinski definition) is 4. The van der Waals surface area contributed by atoms with E-state index in [1.165, 1.54) is 0 Å². The van der Waals surface area contributed by atoms with Crippen molar-refractivity contribution >= 4 is 33.8 Å². The first kappa shape index (κ1) is 23.7.